The van der Waals surface area contributed by atoms with Crippen molar-refractivity contribution in [2.24, 2.45) is 0 Å². The van der Waals surface area contributed by atoms with E-state index in [0.29, 0.717) is 22.3 Å². The van der Waals surface area contributed by atoms with Crippen LogP contribution in [0.1, 0.15) is 55.4 Å². The molecule has 0 bridgehead atoms. The SMILES string of the molecule is CC.CC.CC1=C(C)C(=O)N(C)C1=O.CC1=C(C)C(=O)N(C)C1=O.c1ccc(-c2ccccc2)cc1. The smallest absolute Gasteiger partial charge is 0.256 e. The predicted octanol–water partition coefficient (Wildman–Crippen LogP) is 6.05. The van der Waals surface area contributed by atoms with Gasteiger partial charge < -0.3 is 0 Å². The third-order valence-corrected chi connectivity index (χ3v) is 5.51. The Labute approximate surface area is 216 Å². The average molecular weight is 493 g/mol. The lowest BCUT2D eigenvalue weighted by molar-refractivity contribution is -0.137. The van der Waals surface area contributed by atoms with Crippen LogP contribution in [0.15, 0.2) is 83.0 Å². The zero-order valence-electron chi connectivity index (χ0n) is 23.3. The molecule has 0 fully saturated rings. The highest BCUT2D eigenvalue weighted by Crippen LogP contribution is 2.18. The number of imide groups is 2. The molecular weight excluding hydrogens is 452 g/mol. The number of likely N-dealkylation sites (N-methyl/N-ethyl adjacent to an activating group) is 2. The Bertz CT molecular complexity index is 963. The molecule has 2 aromatic carbocycles. The summed E-state index contributed by atoms with van der Waals surface area (Å²) in [5, 5.41) is 0. The van der Waals surface area contributed by atoms with Crippen LogP contribution in [-0.2, 0) is 19.2 Å². The summed E-state index contributed by atoms with van der Waals surface area (Å²) in [6, 6.07) is 20.8. The normalized spacial score (nSPS) is 14.3. The van der Waals surface area contributed by atoms with Gasteiger partial charge in [0.25, 0.3) is 23.6 Å². The molecule has 2 aliphatic rings. The second kappa shape index (κ2) is 16.0. The topological polar surface area (TPSA) is 74.8 Å². The summed E-state index contributed by atoms with van der Waals surface area (Å²) in [6.45, 7) is 14.7. The molecule has 0 radical (unpaired) electrons. The van der Waals surface area contributed by atoms with Crippen LogP contribution in [-0.4, -0.2) is 47.5 Å². The number of carbonyl (C=O) groups excluding carboxylic acids is 4. The number of rotatable bonds is 1. The zero-order chi connectivity index (χ0) is 28.0. The molecule has 2 aliphatic heterocycles. The van der Waals surface area contributed by atoms with Gasteiger partial charge in [0.2, 0.25) is 0 Å². The van der Waals surface area contributed by atoms with Gasteiger partial charge in [0.15, 0.2) is 0 Å². The Balaban J connectivity index is 0.000000479. The van der Waals surface area contributed by atoms with Crippen molar-refractivity contribution in [1.82, 2.24) is 9.80 Å². The minimum atomic E-state index is -0.178. The van der Waals surface area contributed by atoms with Crippen molar-refractivity contribution >= 4 is 23.6 Å². The first-order valence-corrected chi connectivity index (χ1v) is 12.2. The first-order valence-electron chi connectivity index (χ1n) is 12.2. The first kappa shape index (κ1) is 32.2. The predicted molar refractivity (Wildman–Crippen MR) is 147 cm³/mol. The molecule has 0 saturated heterocycles. The van der Waals surface area contributed by atoms with Crippen molar-refractivity contribution in [3.05, 3.63) is 83.0 Å². The van der Waals surface area contributed by atoms with E-state index in [4.69, 9.17) is 0 Å². The number of nitrogens with zero attached hydrogens (tertiary/aromatic N) is 2. The van der Waals surface area contributed by atoms with Crippen LogP contribution in [0.5, 0.6) is 0 Å². The van der Waals surface area contributed by atoms with Gasteiger partial charge in [-0.3, -0.25) is 29.0 Å². The second-order valence-electron chi connectivity index (χ2n) is 7.57. The van der Waals surface area contributed by atoms with E-state index in [0.717, 1.165) is 9.80 Å². The van der Waals surface area contributed by atoms with E-state index in [9.17, 15) is 19.2 Å². The van der Waals surface area contributed by atoms with Crippen LogP contribution < -0.4 is 0 Å². The third-order valence-electron chi connectivity index (χ3n) is 5.51. The van der Waals surface area contributed by atoms with Crippen LogP contribution >= 0.6 is 0 Å². The van der Waals surface area contributed by atoms with Gasteiger partial charge in [0.05, 0.1) is 0 Å². The maximum atomic E-state index is 11.0. The average Bonchev–Trinajstić information content (AvgIpc) is 3.22. The molecule has 0 saturated carbocycles. The Morgan fingerprint density at radius 1 is 0.417 bits per heavy atom. The van der Waals surface area contributed by atoms with E-state index >= 15 is 0 Å². The molecule has 4 amide bonds. The number of hydrogen-bond acceptors (Lipinski definition) is 4. The fourth-order valence-electron chi connectivity index (χ4n) is 3.09. The van der Waals surface area contributed by atoms with Crippen LogP contribution in [0.2, 0.25) is 0 Å². The monoisotopic (exact) mass is 492 g/mol. The molecular formula is C30H40N2O4. The van der Waals surface area contributed by atoms with Crippen LogP contribution in [0, 0.1) is 0 Å². The highest BCUT2D eigenvalue weighted by atomic mass is 16.2. The summed E-state index contributed by atoms with van der Waals surface area (Å²) in [7, 11) is 2.98. The largest absolute Gasteiger partial charge is 0.278 e. The van der Waals surface area contributed by atoms with Crippen molar-refractivity contribution in [3.63, 3.8) is 0 Å². The zero-order valence-corrected chi connectivity index (χ0v) is 23.3. The second-order valence-corrected chi connectivity index (χ2v) is 7.57. The summed E-state index contributed by atoms with van der Waals surface area (Å²) in [5.74, 6) is -0.713. The molecule has 0 spiro atoms. The van der Waals surface area contributed by atoms with Crippen LogP contribution in [0.3, 0.4) is 0 Å². The van der Waals surface area contributed by atoms with E-state index in [1.807, 2.05) is 39.8 Å². The fourth-order valence-corrected chi connectivity index (χ4v) is 3.09. The lowest BCUT2D eigenvalue weighted by atomic mass is 10.1. The number of hydrogen-bond donors (Lipinski definition) is 0. The van der Waals surface area contributed by atoms with Gasteiger partial charge in [-0.1, -0.05) is 88.4 Å². The maximum absolute atomic E-state index is 11.0. The Morgan fingerprint density at radius 3 is 0.750 bits per heavy atom. The molecule has 2 aromatic rings. The van der Waals surface area contributed by atoms with Crippen LogP contribution in [0.25, 0.3) is 11.1 Å². The third kappa shape index (κ3) is 8.15. The lowest BCUT2D eigenvalue weighted by Gasteiger charge is -2.04. The van der Waals surface area contributed by atoms with E-state index < -0.39 is 0 Å². The van der Waals surface area contributed by atoms with E-state index in [1.54, 1.807) is 27.7 Å². The molecule has 6 heteroatoms. The Morgan fingerprint density at radius 2 is 0.611 bits per heavy atom. The summed E-state index contributed by atoms with van der Waals surface area (Å²) >= 11 is 0. The van der Waals surface area contributed by atoms with Gasteiger partial charge in [-0.15, -0.1) is 0 Å². The minimum absolute atomic E-state index is 0.178. The fraction of sp³-hybridized carbons (Fsp3) is 0.333. The molecule has 0 N–H and O–H groups in total. The van der Waals surface area contributed by atoms with Gasteiger partial charge in [0.1, 0.15) is 0 Å². The molecule has 0 aliphatic carbocycles. The Kier molecular flexibility index (Phi) is 14.3. The van der Waals surface area contributed by atoms with Crippen molar-refractivity contribution in [1.29, 1.82) is 0 Å². The standard InChI is InChI=1S/C12H10.2C7H9NO2.2C2H6/c1-3-7-11(8-4-1)12-9-5-2-6-10-12;2*1-4-5(2)7(10)8(3)6(4)9;2*1-2/h1-10H;2*1-3H3;2*1-2H3. The minimum Gasteiger partial charge on any atom is -0.278 e. The van der Waals surface area contributed by atoms with Crippen molar-refractivity contribution in [3.8, 4) is 11.1 Å². The van der Waals surface area contributed by atoms with E-state index in [2.05, 4.69) is 48.5 Å². The molecule has 0 aromatic heterocycles. The molecule has 4 rings (SSSR count). The molecule has 0 atom stereocenters. The molecule has 194 valence electrons. The van der Waals surface area contributed by atoms with Crippen molar-refractivity contribution in [2.75, 3.05) is 14.1 Å². The molecule has 6 nitrogen and oxygen atoms in total. The highest BCUT2D eigenvalue weighted by Gasteiger charge is 2.30. The van der Waals surface area contributed by atoms with E-state index in [1.165, 1.54) is 25.2 Å². The van der Waals surface area contributed by atoms with E-state index in [-0.39, 0.29) is 23.6 Å². The molecule has 2 heterocycles. The summed E-state index contributed by atoms with van der Waals surface area (Å²) in [5.41, 5.74) is 4.80. The quantitative estimate of drug-likeness (QED) is 0.454. The van der Waals surface area contributed by atoms with Gasteiger partial charge >= 0.3 is 0 Å². The summed E-state index contributed by atoms with van der Waals surface area (Å²) in [6.07, 6.45) is 0. The summed E-state index contributed by atoms with van der Waals surface area (Å²) < 4.78 is 0. The maximum Gasteiger partial charge on any atom is 0.256 e. The highest BCUT2D eigenvalue weighted by molar-refractivity contribution is 6.19. The Hall–Kier alpha value is -3.80. The first-order chi connectivity index (χ1) is 17.1. The van der Waals surface area contributed by atoms with Gasteiger partial charge in [0, 0.05) is 36.4 Å². The van der Waals surface area contributed by atoms with Crippen LogP contribution in [0.4, 0.5) is 0 Å². The van der Waals surface area contributed by atoms with Crippen molar-refractivity contribution in [2.45, 2.75) is 55.4 Å². The lowest BCUT2D eigenvalue weighted by Crippen LogP contribution is -2.26. The number of carbonyl (C=O) groups is 4. The van der Waals surface area contributed by atoms with Gasteiger partial charge in [-0.2, -0.15) is 0 Å². The number of benzene rings is 2. The number of amides is 4. The van der Waals surface area contributed by atoms with Gasteiger partial charge in [-0.25, -0.2) is 0 Å². The van der Waals surface area contributed by atoms with Crippen molar-refractivity contribution < 1.29 is 19.2 Å². The molecule has 36 heavy (non-hydrogen) atoms. The summed E-state index contributed by atoms with van der Waals surface area (Å²) in [4.78, 5) is 46.2. The van der Waals surface area contributed by atoms with Gasteiger partial charge in [-0.05, 0) is 38.8 Å². The molecule has 0 unspecified atom stereocenters.